The van der Waals surface area contributed by atoms with Crippen LogP contribution in [-0.2, 0) is 4.79 Å². The summed E-state index contributed by atoms with van der Waals surface area (Å²) in [5.74, 6) is 0.0715. The van der Waals surface area contributed by atoms with Crippen molar-refractivity contribution in [3.05, 3.63) is 42.1 Å². The van der Waals surface area contributed by atoms with Crippen molar-refractivity contribution in [2.45, 2.75) is 29.2 Å². The van der Waals surface area contributed by atoms with Crippen molar-refractivity contribution in [1.82, 2.24) is 4.98 Å². The van der Waals surface area contributed by atoms with Crippen LogP contribution in [0.25, 0.3) is 0 Å². The number of nitrogens with one attached hydrogen (secondary N) is 1. The molecule has 0 bridgehead atoms. The summed E-state index contributed by atoms with van der Waals surface area (Å²) >= 11 is 1.47. The van der Waals surface area contributed by atoms with Gasteiger partial charge in [0.2, 0.25) is 5.91 Å². The first-order chi connectivity index (χ1) is 11.6. The second-order valence-corrected chi connectivity index (χ2v) is 7.15. The number of anilines is 2. The number of benzene rings is 1. The van der Waals surface area contributed by atoms with E-state index in [1.807, 2.05) is 24.3 Å². The van der Waals surface area contributed by atoms with Crippen LogP contribution in [0.15, 0.2) is 46.5 Å². The van der Waals surface area contributed by atoms with Gasteiger partial charge in [0.15, 0.2) is 0 Å². The number of rotatable bonds is 2. The van der Waals surface area contributed by atoms with Crippen molar-refractivity contribution < 1.29 is 9.59 Å². The van der Waals surface area contributed by atoms with Gasteiger partial charge in [-0.1, -0.05) is 18.2 Å². The molecule has 2 aromatic rings. The van der Waals surface area contributed by atoms with Gasteiger partial charge in [-0.3, -0.25) is 9.59 Å². The summed E-state index contributed by atoms with van der Waals surface area (Å²) in [6.45, 7) is 0. The maximum atomic E-state index is 12.8. The third-order valence-electron chi connectivity index (χ3n) is 4.58. The summed E-state index contributed by atoms with van der Waals surface area (Å²) in [4.78, 5) is 31.8. The van der Waals surface area contributed by atoms with E-state index in [1.165, 1.54) is 11.8 Å². The standard InChI is InChI=1S/C18H17N3O2S/c1-21-14-6-3-9-19-17(14)24-15-8-7-12(10-13(15)18(21)23)20-16(22)11-4-2-5-11/h3,6-11H,2,4-5H2,1H3,(H,20,22). The van der Waals surface area contributed by atoms with Gasteiger partial charge >= 0.3 is 0 Å². The SMILES string of the molecule is CN1C(=O)c2cc(NC(=O)C3CCC3)ccc2Sc2ncccc21. The van der Waals surface area contributed by atoms with Crippen LogP contribution < -0.4 is 10.2 Å². The quantitative estimate of drug-likeness (QED) is 0.909. The van der Waals surface area contributed by atoms with Gasteiger partial charge in [-0.05, 0) is 43.2 Å². The highest BCUT2D eigenvalue weighted by molar-refractivity contribution is 7.99. The maximum Gasteiger partial charge on any atom is 0.259 e. The molecular weight excluding hydrogens is 322 g/mol. The lowest BCUT2D eigenvalue weighted by Crippen LogP contribution is -2.28. The second-order valence-electron chi connectivity index (χ2n) is 6.12. The van der Waals surface area contributed by atoms with E-state index in [-0.39, 0.29) is 17.7 Å². The van der Waals surface area contributed by atoms with Crippen LogP contribution >= 0.6 is 11.8 Å². The number of amides is 2. The zero-order valence-electron chi connectivity index (χ0n) is 13.3. The fourth-order valence-electron chi connectivity index (χ4n) is 2.89. The first-order valence-corrected chi connectivity index (χ1v) is 8.81. The van der Waals surface area contributed by atoms with Gasteiger partial charge in [0.25, 0.3) is 5.91 Å². The Morgan fingerprint density at radius 3 is 2.92 bits per heavy atom. The van der Waals surface area contributed by atoms with Crippen molar-refractivity contribution in [3.63, 3.8) is 0 Å². The summed E-state index contributed by atoms with van der Waals surface area (Å²) in [6.07, 6.45) is 4.75. The summed E-state index contributed by atoms with van der Waals surface area (Å²) < 4.78 is 0. The molecule has 5 nitrogen and oxygen atoms in total. The topological polar surface area (TPSA) is 62.3 Å². The van der Waals surface area contributed by atoms with E-state index >= 15 is 0 Å². The molecule has 1 aromatic heterocycles. The van der Waals surface area contributed by atoms with Crippen LogP contribution in [0.4, 0.5) is 11.4 Å². The van der Waals surface area contributed by atoms with Crippen molar-refractivity contribution in [3.8, 4) is 0 Å². The molecule has 6 heteroatoms. The molecule has 1 fully saturated rings. The van der Waals surface area contributed by atoms with Crippen LogP contribution in [-0.4, -0.2) is 23.8 Å². The van der Waals surface area contributed by atoms with Gasteiger partial charge < -0.3 is 10.2 Å². The highest BCUT2D eigenvalue weighted by Crippen LogP contribution is 2.40. The zero-order chi connectivity index (χ0) is 16.7. The molecule has 2 aliphatic rings. The number of nitrogens with zero attached hydrogens (tertiary/aromatic N) is 2. The molecule has 1 saturated carbocycles. The van der Waals surface area contributed by atoms with Crippen molar-refractivity contribution in [2.75, 3.05) is 17.3 Å². The molecule has 2 amide bonds. The smallest absolute Gasteiger partial charge is 0.259 e. The first kappa shape index (κ1) is 15.2. The molecule has 1 N–H and O–H groups in total. The van der Waals surface area contributed by atoms with Crippen LogP contribution in [0.5, 0.6) is 0 Å². The number of carbonyl (C=O) groups is 2. The summed E-state index contributed by atoms with van der Waals surface area (Å²) in [6, 6.07) is 9.21. The summed E-state index contributed by atoms with van der Waals surface area (Å²) in [5.41, 5.74) is 2.06. The van der Waals surface area contributed by atoms with Crippen LogP contribution in [0.1, 0.15) is 29.6 Å². The molecule has 1 aliphatic carbocycles. The van der Waals surface area contributed by atoms with E-state index in [0.29, 0.717) is 11.3 Å². The Bertz CT molecular complexity index is 833. The number of fused-ring (bicyclic) bond motifs is 2. The Morgan fingerprint density at radius 2 is 2.17 bits per heavy atom. The van der Waals surface area contributed by atoms with Gasteiger partial charge in [0.1, 0.15) is 5.03 Å². The number of aromatic nitrogens is 1. The molecule has 0 saturated heterocycles. The van der Waals surface area contributed by atoms with Crippen LogP contribution in [0.3, 0.4) is 0 Å². The Labute approximate surface area is 144 Å². The zero-order valence-corrected chi connectivity index (χ0v) is 14.1. The predicted molar refractivity (Wildman–Crippen MR) is 93.5 cm³/mol. The number of hydrogen-bond acceptors (Lipinski definition) is 4. The lowest BCUT2D eigenvalue weighted by molar-refractivity contribution is -0.122. The van der Waals surface area contributed by atoms with Gasteiger partial charge in [-0.25, -0.2) is 4.98 Å². The molecule has 0 atom stereocenters. The molecule has 24 heavy (non-hydrogen) atoms. The van der Waals surface area contributed by atoms with Gasteiger partial charge in [0, 0.05) is 29.7 Å². The van der Waals surface area contributed by atoms with Crippen LogP contribution in [0, 0.1) is 5.92 Å². The third kappa shape index (κ3) is 2.57. The average molecular weight is 339 g/mol. The third-order valence-corrected chi connectivity index (χ3v) is 5.66. The molecular formula is C18H17N3O2S. The average Bonchev–Trinajstić information content (AvgIpc) is 2.63. The summed E-state index contributed by atoms with van der Waals surface area (Å²) in [7, 11) is 1.75. The van der Waals surface area contributed by atoms with Gasteiger partial charge in [-0.15, -0.1) is 0 Å². The summed E-state index contributed by atoms with van der Waals surface area (Å²) in [5, 5.41) is 3.74. The van der Waals surface area contributed by atoms with Crippen LogP contribution in [0.2, 0.25) is 0 Å². The molecule has 2 heterocycles. The van der Waals surface area contributed by atoms with Crippen molar-refractivity contribution in [1.29, 1.82) is 0 Å². The highest BCUT2D eigenvalue weighted by atomic mass is 32.2. The van der Waals surface area contributed by atoms with E-state index in [2.05, 4.69) is 10.3 Å². The molecule has 0 unspecified atom stereocenters. The van der Waals surface area contributed by atoms with Gasteiger partial charge in [0.05, 0.1) is 11.3 Å². The van der Waals surface area contributed by atoms with E-state index in [1.54, 1.807) is 24.2 Å². The minimum absolute atomic E-state index is 0.0493. The van der Waals surface area contributed by atoms with E-state index < -0.39 is 0 Å². The fourth-order valence-corrected chi connectivity index (χ4v) is 3.91. The largest absolute Gasteiger partial charge is 0.326 e. The first-order valence-electron chi connectivity index (χ1n) is 7.99. The normalized spacial score (nSPS) is 16.7. The highest BCUT2D eigenvalue weighted by Gasteiger charge is 2.27. The fraction of sp³-hybridized carbons (Fsp3) is 0.278. The molecule has 4 rings (SSSR count). The monoisotopic (exact) mass is 339 g/mol. The second kappa shape index (κ2) is 5.94. The van der Waals surface area contributed by atoms with Crippen molar-refractivity contribution >= 4 is 35.0 Å². The minimum Gasteiger partial charge on any atom is -0.326 e. The minimum atomic E-state index is -0.0935. The Kier molecular flexibility index (Phi) is 3.76. The molecule has 1 aliphatic heterocycles. The number of carbonyl (C=O) groups excluding carboxylic acids is 2. The molecule has 122 valence electrons. The Morgan fingerprint density at radius 1 is 1.33 bits per heavy atom. The van der Waals surface area contributed by atoms with Gasteiger partial charge in [-0.2, -0.15) is 0 Å². The lowest BCUT2D eigenvalue weighted by atomic mass is 9.85. The maximum absolute atomic E-state index is 12.8. The molecule has 0 radical (unpaired) electrons. The Hall–Kier alpha value is -2.34. The molecule has 0 spiro atoms. The predicted octanol–water partition coefficient (Wildman–Crippen LogP) is 3.56. The van der Waals surface area contributed by atoms with E-state index in [0.717, 1.165) is 34.9 Å². The number of pyridine rings is 1. The number of hydrogen-bond donors (Lipinski definition) is 1. The lowest BCUT2D eigenvalue weighted by Gasteiger charge is -2.24. The molecule has 1 aromatic carbocycles. The van der Waals surface area contributed by atoms with E-state index in [4.69, 9.17) is 0 Å². The van der Waals surface area contributed by atoms with Crippen molar-refractivity contribution in [2.24, 2.45) is 5.92 Å². The van der Waals surface area contributed by atoms with E-state index in [9.17, 15) is 9.59 Å². The Balaban J connectivity index is 1.67.